The number of carbonyl (C=O) groups is 2. The number of amides is 1. The molecule has 1 aromatic heterocycles. The Kier molecular flexibility index (Phi) is 5.57. The van der Waals surface area contributed by atoms with Crippen LogP contribution < -0.4 is 10.1 Å². The van der Waals surface area contributed by atoms with Gasteiger partial charge in [0, 0.05) is 23.7 Å². The van der Waals surface area contributed by atoms with E-state index in [0.717, 1.165) is 11.8 Å². The Hall–Kier alpha value is -3.02. The fourth-order valence-electron chi connectivity index (χ4n) is 2.04. The molecule has 1 heterocycles. The minimum absolute atomic E-state index is 0.0967. The molecule has 0 spiro atoms. The van der Waals surface area contributed by atoms with Crippen LogP contribution in [0.5, 0.6) is 5.75 Å². The molecule has 2 aromatic rings. The van der Waals surface area contributed by atoms with Gasteiger partial charge >= 0.3 is 5.97 Å². The van der Waals surface area contributed by atoms with Crippen LogP contribution >= 0.6 is 0 Å². The minimum atomic E-state index is -1.03. The van der Waals surface area contributed by atoms with E-state index in [2.05, 4.69) is 5.32 Å². The van der Waals surface area contributed by atoms with Gasteiger partial charge in [0.25, 0.3) is 0 Å². The van der Waals surface area contributed by atoms with Crippen LogP contribution in [0, 0.1) is 0 Å². The molecule has 120 valence electrons. The van der Waals surface area contributed by atoms with Crippen LogP contribution in [0.1, 0.15) is 12.6 Å². The molecule has 1 aromatic carbocycles. The van der Waals surface area contributed by atoms with E-state index in [-0.39, 0.29) is 12.5 Å². The first kappa shape index (κ1) is 16.4. The zero-order valence-corrected chi connectivity index (χ0v) is 12.7. The Balaban J connectivity index is 1.97. The molecule has 0 radical (unpaired) electrons. The lowest BCUT2D eigenvalue weighted by atomic mass is 10.3. The van der Waals surface area contributed by atoms with Crippen molar-refractivity contribution in [2.24, 2.45) is 0 Å². The summed E-state index contributed by atoms with van der Waals surface area (Å²) in [7, 11) is 0. The van der Waals surface area contributed by atoms with E-state index in [4.69, 9.17) is 9.84 Å². The maximum Gasteiger partial charge on any atom is 0.328 e. The second-order valence-electron chi connectivity index (χ2n) is 4.74. The zero-order chi connectivity index (χ0) is 16.7. The van der Waals surface area contributed by atoms with E-state index in [1.165, 1.54) is 6.08 Å². The smallest absolute Gasteiger partial charge is 0.328 e. The van der Waals surface area contributed by atoms with E-state index in [1.807, 2.05) is 6.92 Å². The molecule has 0 unspecified atom stereocenters. The normalized spacial score (nSPS) is 10.7. The summed E-state index contributed by atoms with van der Waals surface area (Å²) in [5.74, 6) is -0.482. The third-order valence-electron chi connectivity index (χ3n) is 3.02. The van der Waals surface area contributed by atoms with Crippen LogP contribution in [0.4, 0.5) is 5.69 Å². The number of ether oxygens (including phenoxy) is 1. The Bertz CT molecular complexity index is 702. The molecule has 2 rings (SSSR count). The number of hydrogen-bond donors (Lipinski definition) is 2. The summed E-state index contributed by atoms with van der Waals surface area (Å²) in [4.78, 5) is 22.6. The summed E-state index contributed by atoms with van der Waals surface area (Å²) in [5, 5.41) is 11.4. The third-order valence-corrected chi connectivity index (χ3v) is 3.02. The molecule has 0 atom stereocenters. The van der Waals surface area contributed by atoms with Crippen molar-refractivity contribution in [1.29, 1.82) is 0 Å². The van der Waals surface area contributed by atoms with Crippen molar-refractivity contribution in [3.05, 3.63) is 54.4 Å². The fraction of sp³-hybridized carbons (Fsp3) is 0.176. The highest BCUT2D eigenvalue weighted by Gasteiger charge is 2.06. The Morgan fingerprint density at radius 2 is 2.00 bits per heavy atom. The van der Waals surface area contributed by atoms with Gasteiger partial charge in [0.1, 0.15) is 12.3 Å². The van der Waals surface area contributed by atoms with Gasteiger partial charge in [-0.15, -0.1) is 0 Å². The van der Waals surface area contributed by atoms with Crippen LogP contribution in [0.25, 0.3) is 6.08 Å². The average Bonchev–Trinajstić information content (AvgIpc) is 2.94. The average molecular weight is 314 g/mol. The molecule has 0 aliphatic carbocycles. The topological polar surface area (TPSA) is 80.6 Å². The summed E-state index contributed by atoms with van der Waals surface area (Å²) >= 11 is 0. The van der Waals surface area contributed by atoms with Gasteiger partial charge in [-0.25, -0.2) is 4.79 Å². The number of carbonyl (C=O) groups excluding carboxylic acids is 1. The predicted molar refractivity (Wildman–Crippen MR) is 87.3 cm³/mol. The van der Waals surface area contributed by atoms with Crippen LogP contribution in [0.2, 0.25) is 0 Å². The number of rotatable bonds is 7. The molecular formula is C17H18N2O4. The van der Waals surface area contributed by atoms with Gasteiger partial charge in [0.05, 0.1) is 6.61 Å². The maximum atomic E-state index is 12.1. The first-order chi connectivity index (χ1) is 11.1. The number of anilines is 1. The molecule has 0 aliphatic rings. The molecule has 0 bridgehead atoms. The molecule has 0 saturated carbocycles. The van der Waals surface area contributed by atoms with Crippen molar-refractivity contribution in [2.45, 2.75) is 13.5 Å². The van der Waals surface area contributed by atoms with Crippen LogP contribution in [-0.2, 0) is 16.1 Å². The lowest BCUT2D eigenvalue weighted by molar-refractivity contribution is -0.131. The molecule has 0 saturated heterocycles. The first-order valence-corrected chi connectivity index (χ1v) is 7.17. The quantitative estimate of drug-likeness (QED) is 0.770. The molecular weight excluding hydrogens is 296 g/mol. The second-order valence-corrected chi connectivity index (χ2v) is 4.74. The molecule has 6 heteroatoms. The van der Waals surface area contributed by atoms with Crippen LogP contribution in [0.15, 0.2) is 48.7 Å². The second kappa shape index (κ2) is 7.84. The van der Waals surface area contributed by atoms with Crippen LogP contribution in [0.3, 0.4) is 0 Å². The molecule has 6 nitrogen and oxygen atoms in total. The fourth-order valence-corrected chi connectivity index (χ4v) is 2.04. The van der Waals surface area contributed by atoms with Crippen molar-refractivity contribution in [3.8, 4) is 5.75 Å². The van der Waals surface area contributed by atoms with Crippen molar-refractivity contribution < 1.29 is 19.4 Å². The monoisotopic (exact) mass is 314 g/mol. The molecule has 2 N–H and O–H groups in total. The van der Waals surface area contributed by atoms with Crippen LogP contribution in [-0.4, -0.2) is 28.2 Å². The standard InChI is InChI=1S/C17H18N2O4/c1-2-23-15-8-5-13(6-9-15)18-16(20)12-19-11-3-4-14(19)7-10-17(21)22/h3-11H,2,12H2,1H3,(H,18,20)(H,21,22)/b10-7+. The Morgan fingerprint density at radius 1 is 1.26 bits per heavy atom. The van der Waals surface area contributed by atoms with E-state index >= 15 is 0 Å². The van der Waals surface area contributed by atoms with Gasteiger partial charge in [-0.1, -0.05) is 0 Å². The van der Waals surface area contributed by atoms with Gasteiger partial charge in [-0.05, 0) is 49.4 Å². The number of aliphatic carboxylic acids is 1. The Morgan fingerprint density at radius 3 is 2.65 bits per heavy atom. The number of nitrogens with one attached hydrogen (secondary N) is 1. The number of nitrogens with zero attached hydrogens (tertiary/aromatic N) is 1. The van der Waals surface area contributed by atoms with Crippen molar-refractivity contribution >= 4 is 23.6 Å². The first-order valence-electron chi connectivity index (χ1n) is 7.17. The highest BCUT2D eigenvalue weighted by molar-refractivity contribution is 5.91. The SMILES string of the molecule is CCOc1ccc(NC(=O)Cn2cccc2/C=C/C(=O)O)cc1. The highest BCUT2D eigenvalue weighted by atomic mass is 16.5. The van der Waals surface area contributed by atoms with E-state index in [0.29, 0.717) is 18.0 Å². The van der Waals surface area contributed by atoms with Crippen molar-refractivity contribution in [3.63, 3.8) is 0 Å². The maximum absolute atomic E-state index is 12.1. The summed E-state index contributed by atoms with van der Waals surface area (Å²) < 4.78 is 7.01. The number of carboxylic acids is 1. The summed E-state index contributed by atoms with van der Waals surface area (Å²) in [6.07, 6.45) is 4.21. The number of carboxylic acid groups (broad SMARTS) is 1. The van der Waals surface area contributed by atoms with Gasteiger partial charge in [0.2, 0.25) is 5.91 Å². The van der Waals surface area contributed by atoms with Crippen molar-refractivity contribution in [1.82, 2.24) is 4.57 Å². The largest absolute Gasteiger partial charge is 0.494 e. The molecule has 23 heavy (non-hydrogen) atoms. The molecule has 1 amide bonds. The summed E-state index contributed by atoms with van der Waals surface area (Å²) in [6, 6.07) is 10.6. The highest BCUT2D eigenvalue weighted by Crippen LogP contribution is 2.15. The zero-order valence-electron chi connectivity index (χ0n) is 12.7. The van der Waals surface area contributed by atoms with E-state index in [1.54, 1.807) is 47.2 Å². The molecule has 0 aliphatic heterocycles. The Labute approximate surface area is 134 Å². The third kappa shape index (κ3) is 5.03. The number of benzene rings is 1. The summed E-state index contributed by atoms with van der Waals surface area (Å²) in [5.41, 5.74) is 1.32. The lowest BCUT2D eigenvalue weighted by Gasteiger charge is -2.09. The molecule has 0 fully saturated rings. The lowest BCUT2D eigenvalue weighted by Crippen LogP contribution is -2.18. The number of aromatic nitrogens is 1. The van der Waals surface area contributed by atoms with Gasteiger partial charge < -0.3 is 19.7 Å². The van der Waals surface area contributed by atoms with Gasteiger partial charge in [-0.2, -0.15) is 0 Å². The van der Waals surface area contributed by atoms with Gasteiger partial charge in [0.15, 0.2) is 0 Å². The van der Waals surface area contributed by atoms with Crippen molar-refractivity contribution in [2.75, 3.05) is 11.9 Å². The van der Waals surface area contributed by atoms with Gasteiger partial charge in [-0.3, -0.25) is 4.79 Å². The minimum Gasteiger partial charge on any atom is -0.494 e. The van der Waals surface area contributed by atoms with E-state index in [9.17, 15) is 9.59 Å². The predicted octanol–water partition coefficient (Wildman–Crippen LogP) is 2.62. The number of hydrogen-bond acceptors (Lipinski definition) is 3. The summed E-state index contributed by atoms with van der Waals surface area (Å²) in [6.45, 7) is 2.59. The van der Waals surface area contributed by atoms with E-state index < -0.39 is 5.97 Å².